The monoisotopic (exact) mass is 351 g/mol. The maximum Gasteiger partial charge on any atom is 0.230 e. The van der Waals surface area contributed by atoms with Crippen molar-refractivity contribution in [2.24, 2.45) is 0 Å². The van der Waals surface area contributed by atoms with E-state index >= 15 is 0 Å². The molecule has 0 aliphatic heterocycles. The summed E-state index contributed by atoms with van der Waals surface area (Å²) < 4.78 is 0. The molecule has 25 heavy (non-hydrogen) atoms. The second kappa shape index (κ2) is 16.4. The maximum atomic E-state index is 11.7. The van der Waals surface area contributed by atoms with Crippen LogP contribution in [-0.4, -0.2) is 30.0 Å². The average Bonchev–Trinajstić information content (AvgIpc) is 2.63. The molecular weight excluding hydrogens is 322 g/mol. The van der Waals surface area contributed by atoms with Gasteiger partial charge in [0.05, 0.1) is 0 Å². The first-order valence-electron chi connectivity index (χ1n) is 8.58. The van der Waals surface area contributed by atoms with Crippen LogP contribution in [0.25, 0.3) is 0 Å². The molecule has 0 atom stereocenters. The molecule has 0 radical (unpaired) electrons. The van der Waals surface area contributed by atoms with Crippen molar-refractivity contribution in [2.45, 2.75) is 51.9 Å². The van der Waals surface area contributed by atoms with E-state index < -0.39 is 0 Å². The van der Waals surface area contributed by atoms with E-state index in [-0.39, 0.29) is 18.2 Å². The summed E-state index contributed by atoms with van der Waals surface area (Å²) in [6, 6.07) is 9.41. The van der Waals surface area contributed by atoms with Gasteiger partial charge in [0, 0.05) is 25.1 Å². The summed E-state index contributed by atoms with van der Waals surface area (Å²) in [5.74, 6) is 0.0964. The van der Waals surface area contributed by atoms with Gasteiger partial charge in [-0.3, -0.25) is 19.6 Å². The van der Waals surface area contributed by atoms with Crippen molar-refractivity contribution in [1.82, 2.24) is 10.8 Å². The first-order chi connectivity index (χ1) is 12.1. The summed E-state index contributed by atoms with van der Waals surface area (Å²) in [6.45, 7) is 2.91. The van der Waals surface area contributed by atoms with Gasteiger partial charge in [0.1, 0.15) is 0 Å². The van der Waals surface area contributed by atoms with E-state index in [9.17, 15) is 9.59 Å². The van der Waals surface area contributed by atoms with Gasteiger partial charge in [0.2, 0.25) is 18.2 Å². The zero-order chi connectivity index (χ0) is 18.8. The topological polar surface area (TPSA) is 108 Å². The Morgan fingerprint density at radius 3 is 2.16 bits per heavy atom. The van der Waals surface area contributed by atoms with Gasteiger partial charge >= 0.3 is 0 Å². The number of hydrogen-bond donors (Lipinski definition) is 4. The highest BCUT2D eigenvalue weighted by molar-refractivity contribution is 5.90. The van der Waals surface area contributed by atoms with Crippen LogP contribution < -0.4 is 16.1 Å². The number of benzene rings is 1. The van der Waals surface area contributed by atoms with Crippen LogP contribution in [0.3, 0.4) is 0 Å². The lowest BCUT2D eigenvalue weighted by molar-refractivity contribution is -0.121. The van der Waals surface area contributed by atoms with Gasteiger partial charge < -0.3 is 10.6 Å². The van der Waals surface area contributed by atoms with Gasteiger partial charge in [0.15, 0.2) is 0 Å². The second-order valence-electron chi connectivity index (χ2n) is 5.43. The van der Waals surface area contributed by atoms with Crippen molar-refractivity contribution < 1.29 is 19.6 Å². The summed E-state index contributed by atoms with van der Waals surface area (Å²) in [6.07, 6.45) is 5.99. The van der Waals surface area contributed by atoms with E-state index in [0.29, 0.717) is 12.8 Å². The molecular formula is C18H29N3O4. The van der Waals surface area contributed by atoms with Crippen LogP contribution in [0.5, 0.6) is 0 Å². The third-order valence-electron chi connectivity index (χ3n) is 3.27. The zero-order valence-electron chi connectivity index (χ0n) is 14.8. The minimum Gasteiger partial charge on any atom is -0.356 e. The molecule has 0 bridgehead atoms. The molecule has 0 saturated carbocycles. The summed E-state index contributed by atoms with van der Waals surface area (Å²) in [5.41, 5.74) is 2.07. The predicted molar refractivity (Wildman–Crippen MR) is 97.1 cm³/mol. The van der Waals surface area contributed by atoms with E-state index in [1.165, 1.54) is 5.48 Å². The normalized spacial score (nSPS) is 9.36. The first-order valence-corrected chi connectivity index (χ1v) is 8.58. The number of carbonyl (C=O) groups is 3. The van der Waals surface area contributed by atoms with Crippen LogP contribution in [0.2, 0.25) is 0 Å². The molecule has 7 nitrogen and oxygen atoms in total. The number of rotatable bonds is 11. The van der Waals surface area contributed by atoms with Gasteiger partial charge in [-0.05, 0) is 31.4 Å². The van der Waals surface area contributed by atoms with Crippen LogP contribution in [0.1, 0.15) is 51.9 Å². The minimum absolute atomic E-state index is 0.00422. The molecule has 7 heteroatoms. The highest BCUT2D eigenvalue weighted by Crippen LogP contribution is 2.07. The standard InChI is InChI=1S/C17H26N2O2.CH3NO2/c1-2-3-9-14-18-16(20)12-7-8-13-17(21)19-15-10-5-4-6-11-15;3-1-2-4/h4-6,10-11H,2-3,7-9,12-14H2,1H3,(H,18,20)(H,19,21);1,4H,(H,2,3). The summed E-state index contributed by atoms with van der Waals surface area (Å²) in [7, 11) is 0. The summed E-state index contributed by atoms with van der Waals surface area (Å²) in [5, 5.41) is 13.0. The molecule has 0 unspecified atom stereocenters. The highest BCUT2D eigenvalue weighted by atomic mass is 16.5. The molecule has 0 aromatic heterocycles. The Hall–Kier alpha value is -2.41. The van der Waals surface area contributed by atoms with E-state index in [0.717, 1.165) is 44.3 Å². The SMILES string of the molecule is CCCCCNC(=O)CCCCC(=O)Nc1ccccc1.O=CNO. The molecule has 1 rings (SSSR count). The van der Waals surface area contributed by atoms with E-state index in [2.05, 4.69) is 17.6 Å². The number of hydrogen-bond acceptors (Lipinski definition) is 4. The average molecular weight is 351 g/mol. The maximum absolute atomic E-state index is 11.7. The Morgan fingerprint density at radius 1 is 1.00 bits per heavy atom. The fourth-order valence-electron chi connectivity index (χ4n) is 2.01. The highest BCUT2D eigenvalue weighted by Gasteiger charge is 2.04. The molecule has 0 aliphatic carbocycles. The number of hydroxylamine groups is 1. The summed E-state index contributed by atoms with van der Waals surface area (Å²) >= 11 is 0. The largest absolute Gasteiger partial charge is 0.356 e. The van der Waals surface area contributed by atoms with Gasteiger partial charge in [-0.15, -0.1) is 0 Å². The lowest BCUT2D eigenvalue weighted by Crippen LogP contribution is -2.24. The van der Waals surface area contributed by atoms with Crippen molar-refractivity contribution in [1.29, 1.82) is 0 Å². The molecule has 1 aromatic rings. The quantitative estimate of drug-likeness (QED) is 0.213. The second-order valence-corrected chi connectivity index (χ2v) is 5.43. The Bertz CT molecular complexity index is 480. The van der Waals surface area contributed by atoms with Gasteiger partial charge in [-0.2, -0.15) is 0 Å². The third-order valence-corrected chi connectivity index (χ3v) is 3.27. The number of para-hydroxylation sites is 1. The minimum atomic E-state index is 0.00422. The van der Waals surface area contributed by atoms with Crippen LogP contribution in [-0.2, 0) is 14.4 Å². The van der Waals surface area contributed by atoms with Crippen molar-refractivity contribution in [3.05, 3.63) is 30.3 Å². The molecule has 140 valence electrons. The molecule has 0 spiro atoms. The Balaban J connectivity index is 0.00000129. The number of unbranched alkanes of at least 4 members (excludes halogenated alkanes) is 3. The molecule has 0 aliphatic rings. The molecule has 0 heterocycles. The van der Waals surface area contributed by atoms with Gasteiger partial charge in [0.25, 0.3) is 0 Å². The Kier molecular flexibility index (Phi) is 14.9. The molecule has 1 aromatic carbocycles. The van der Waals surface area contributed by atoms with Crippen LogP contribution in [0.15, 0.2) is 30.3 Å². The predicted octanol–water partition coefficient (Wildman–Crippen LogP) is 2.61. The van der Waals surface area contributed by atoms with E-state index in [1.807, 2.05) is 30.3 Å². The lowest BCUT2D eigenvalue weighted by Gasteiger charge is -2.06. The van der Waals surface area contributed by atoms with E-state index in [4.69, 9.17) is 10.0 Å². The number of amides is 3. The molecule has 0 fully saturated rings. The molecule has 0 saturated heterocycles. The summed E-state index contributed by atoms with van der Waals surface area (Å²) in [4.78, 5) is 32.0. The van der Waals surface area contributed by atoms with Crippen molar-refractivity contribution in [2.75, 3.05) is 11.9 Å². The van der Waals surface area contributed by atoms with Crippen LogP contribution >= 0.6 is 0 Å². The fraction of sp³-hybridized carbons (Fsp3) is 0.500. The van der Waals surface area contributed by atoms with E-state index in [1.54, 1.807) is 0 Å². The molecule has 3 amide bonds. The van der Waals surface area contributed by atoms with Crippen molar-refractivity contribution in [3.63, 3.8) is 0 Å². The van der Waals surface area contributed by atoms with Crippen LogP contribution in [0, 0.1) is 0 Å². The fourth-order valence-corrected chi connectivity index (χ4v) is 2.01. The Morgan fingerprint density at radius 2 is 1.60 bits per heavy atom. The third kappa shape index (κ3) is 14.9. The van der Waals surface area contributed by atoms with Crippen molar-refractivity contribution >= 4 is 23.9 Å². The van der Waals surface area contributed by atoms with Gasteiger partial charge in [-0.25, -0.2) is 5.48 Å². The Labute approximate surface area is 149 Å². The molecule has 4 N–H and O–H groups in total. The number of anilines is 1. The van der Waals surface area contributed by atoms with Crippen molar-refractivity contribution in [3.8, 4) is 0 Å². The zero-order valence-corrected chi connectivity index (χ0v) is 14.8. The number of nitrogens with one attached hydrogen (secondary N) is 3. The lowest BCUT2D eigenvalue weighted by atomic mass is 10.1. The first kappa shape index (κ1) is 22.6. The smallest absolute Gasteiger partial charge is 0.230 e. The number of carbonyl (C=O) groups excluding carboxylic acids is 3. The van der Waals surface area contributed by atoms with Crippen LogP contribution in [0.4, 0.5) is 5.69 Å². The van der Waals surface area contributed by atoms with Gasteiger partial charge in [-0.1, -0.05) is 38.0 Å².